The van der Waals surface area contributed by atoms with Crippen molar-refractivity contribution >= 4 is 0 Å². The van der Waals surface area contributed by atoms with Crippen LogP contribution in [0.25, 0.3) is 0 Å². The Morgan fingerprint density at radius 1 is 1.69 bits per heavy atom. The van der Waals surface area contributed by atoms with Gasteiger partial charge in [-0.3, -0.25) is 0 Å². The molecular weight excluding hydrogens is 162 g/mol. The van der Waals surface area contributed by atoms with Crippen LogP contribution in [0.15, 0.2) is 6.20 Å². The van der Waals surface area contributed by atoms with Crippen molar-refractivity contribution in [1.82, 2.24) is 9.55 Å². The van der Waals surface area contributed by atoms with Crippen molar-refractivity contribution in [2.75, 3.05) is 0 Å². The summed E-state index contributed by atoms with van der Waals surface area (Å²) in [6, 6.07) is 0.331. The summed E-state index contributed by atoms with van der Waals surface area (Å²) in [5.41, 5.74) is 7.29. The van der Waals surface area contributed by atoms with Crippen molar-refractivity contribution in [1.29, 1.82) is 0 Å². The number of imidazole rings is 1. The van der Waals surface area contributed by atoms with Crippen molar-refractivity contribution in [3.05, 3.63) is 17.7 Å². The maximum atomic E-state index is 5.93. The van der Waals surface area contributed by atoms with E-state index in [4.69, 9.17) is 5.73 Å². The molecule has 1 aliphatic heterocycles. The molecule has 3 nitrogen and oxygen atoms in total. The van der Waals surface area contributed by atoms with E-state index in [0.29, 0.717) is 6.04 Å². The van der Waals surface area contributed by atoms with Crippen molar-refractivity contribution in [3.63, 3.8) is 0 Å². The third-order valence-electron chi connectivity index (χ3n) is 2.68. The molecule has 3 heteroatoms. The summed E-state index contributed by atoms with van der Waals surface area (Å²) in [5.74, 6) is 1.22. The highest BCUT2D eigenvalue weighted by Gasteiger charge is 2.17. The molecule has 0 bridgehead atoms. The van der Waals surface area contributed by atoms with Gasteiger partial charge in [-0.2, -0.15) is 0 Å². The van der Waals surface area contributed by atoms with Crippen LogP contribution in [0, 0.1) is 0 Å². The number of aromatic nitrogens is 2. The molecule has 0 spiro atoms. The number of nitrogens with zero attached hydrogens (tertiary/aromatic N) is 2. The average molecular weight is 179 g/mol. The molecular formula is C10H17N3. The van der Waals surface area contributed by atoms with Crippen LogP contribution in [0.5, 0.6) is 0 Å². The molecule has 0 aromatic carbocycles. The van der Waals surface area contributed by atoms with Gasteiger partial charge in [0, 0.05) is 30.9 Å². The van der Waals surface area contributed by atoms with Crippen molar-refractivity contribution in [2.45, 2.75) is 45.2 Å². The lowest BCUT2D eigenvalue weighted by molar-refractivity contribution is 0.448. The third kappa shape index (κ3) is 1.61. The zero-order valence-electron chi connectivity index (χ0n) is 8.16. The van der Waals surface area contributed by atoms with Gasteiger partial charge in [0.15, 0.2) is 0 Å². The number of rotatable bonds is 2. The van der Waals surface area contributed by atoms with Gasteiger partial charge in [0.05, 0.1) is 0 Å². The second kappa shape index (κ2) is 3.50. The van der Waals surface area contributed by atoms with Gasteiger partial charge in [-0.05, 0) is 19.3 Å². The predicted octanol–water partition coefficient (Wildman–Crippen LogP) is 1.11. The van der Waals surface area contributed by atoms with E-state index < -0.39 is 0 Å². The maximum absolute atomic E-state index is 5.93. The van der Waals surface area contributed by atoms with Gasteiger partial charge in [-0.25, -0.2) is 4.98 Å². The van der Waals surface area contributed by atoms with Crippen LogP contribution < -0.4 is 5.73 Å². The maximum Gasteiger partial charge on any atom is 0.108 e. The van der Waals surface area contributed by atoms with E-state index in [0.717, 1.165) is 32.2 Å². The van der Waals surface area contributed by atoms with E-state index >= 15 is 0 Å². The Hall–Kier alpha value is -0.830. The summed E-state index contributed by atoms with van der Waals surface area (Å²) in [5, 5.41) is 0. The molecule has 0 fully saturated rings. The van der Waals surface area contributed by atoms with E-state index in [9.17, 15) is 0 Å². The Balaban J connectivity index is 2.25. The van der Waals surface area contributed by atoms with Gasteiger partial charge in [0.1, 0.15) is 5.82 Å². The fourth-order valence-corrected chi connectivity index (χ4v) is 1.96. The van der Waals surface area contributed by atoms with Gasteiger partial charge in [0.2, 0.25) is 0 Å². The summed E-state index contributed by atoms with van der Waals surface area (Å²) in [6.45, 7) is 3.15. The first-order chi connectivity index (χ1) is 6.31. The van der Waals surface area contributed by atoms with E-state index in [1.165, 1.54) is 11.5 Å². The minimum atomic E-state index is 0.331. The van der Waals surface area contributed by atoms with Crippen LogP contribution in [0.2, 0.25) is 0 Å². The molecule has 0 aliphatic carbocycles. The highest BCUT2D eigenvalue weighted by molar-refractivity contribution is 5.09. The molecule has 72 valence electrons. The zero-order chi connectivity index (χ0) is 9.26. The molecule has 2 heterocycles. The Kier molecular flexibility index (Phi) is 2.36. The summed E-state index contributed by atoms with van der Waals surface area (Å²) in [7, 11) is 0. The van der Waals surface area contributed by atoms with Crippen LogP contribution in [-0.4, -0.2) is 15.6 Å². The molecule has 13 heavy (non-hydrogen) atoms. The van der Waals surface area contributed by atoms with Gasteiger partial charge >= 0.3 is 0 Å². The number of hydrogen-bond donors (Lipinski definition) is 1. The number of nitrogens with two attached hydrogens (primary N) is 1. The first-order valence-corrected chi connectivity index (χ1v) is 5.10. The molecule has 0 radical (unpaired) electrons. The predicted molar refractivity (Wildman–Crippen MR) is 52.5 cm³/mol. The lowest BCUT2D eigenvalue weighted by atomic mass is 10.1. The number of hydrogen-bond acceptors (Lipinski definition) is 2. The van der Waals surface area contributed by atoms with Crippen LogP contribution in [-0.2, 0) is 19.4 Å². The van der Waals surface area contributed by atoms with E-state index in [1.54, 1.807) is 0 Å². The summed E-state index contributed by atoms with van der Waals surface area (Å²) >= 11 is 0. The molecule has 1 aliphatic rings. The Morgan fingerprint density at radius 2 is 2.54 bits per heavy atom. The Morgan fingerprint density at radius 3 is 3.31 bits per heavy atom. The Labute approximate surface area is 79.0 Å². The van der Waals surface area contributed by atoms with E-state index in [-0.39, 0.29) is 0 Å². The fraction of sp³-hybridized carbons (Fsp3) is 0.700. The average Bonchev–Trinajstić information content (AvgIpc) is 2.49. The summed E-state index contributed by atoms with van der Waals surface area (Å²) in [4.78, 5) is 4.43. The van der Waals surface area contributed by atoms with Gasteiger partial charge in [-0.1, -0.05) is 6.92 Å². The Bertz CT molecular complexity index is 290. The van der Waals surface area contributed by atoms with Crippen molar-refractivity contribution in [2.24, 2.45) is 5.73 Å². The largest absolute Gasteiger partial charge is 0.331 e. The summed E-state index contributed by atoms with van der Waals surface area (Å²) in [6.07, 6.45) is 6.45. The monoisotopic (exact) mass is 179 g/mol. The van der Waals surface area contributed by atoms with Gasteiger partial charge in [-0.15, -0.1) is 0 Å². The first-order valence-electron chi connectivity index (χ1n) is 5.10. The molecule has 0 amide bonds. The smallest absolute Gasteiger partial charge is 0.108 e. The lowest BCUT2D eigenvalue weighted by Crippen LogP contribution is -2.32. The van der Waals surface area contributed by atoms with Crippen molar-refractivity contribution in [3.8, 4) is 0 Å². The number of fused-ring (bicyclic) bond motifs is 1. The normalized spacial score (nSPS) is 21.5. The number of aryl methyl sites for hydroxylation is 2. The molecule has 1 unspecified atom stereocenters. The minimum absolute atomic E-state index is 0.331. The van der Waals surface area contributed by atoms with Crippen LogP contribution in [0.1, 0.15) is 31.3 Å². The van der Waals surface area contributed by atoms with E-state index in [2.05, 4.69) is 16.5 Å². The van der Waals surface area contributed by atoms with Crippen LogP contribution >= 0.6 is 0 Å². The van der Waals surface area contributed by atoms with Gasteiger partial charge in [0.25, 0.3) is 0 Å². The molecule has 1 atom stereocenters. The quantitative estimate of drug-likeness (QED) is 0.739. The topological polar surface area (TPSA) is 43.8 Å². The molecule has 0 saturated carbocycles. The second-order valence-electron chi connectivity index (χ2n) is 3.83. The third-order valence-corrected chi connectivity index (χ3v) is 2.68. The highest BCUT2D eigenvalue weighted by atomic mass is 15.1. The zero-order valence-corrected chi connectivity index (χ0v) is 8.16. The second-order valence-corrected chi connectivity index (χ2v) is 3.83. The van der Waals surface area contributed by atoms with Crippen LogP contribution in [0.4, 0.5) is 0 Å². The first kappa shape index (κ1) is 8.75. The molecule has 1 aromatic heterocycles. The summed E-state index contributed by atoms with van der Waals surface area (Å²) < 4.78 is 2.30. The SMILES string of the molecule is CCCc1ncc2n1CC(N)CC2. The van der Waals surface area contributed by atoms with Crippen molar-refractivity contribution < 1.29 is 0 Å². The molecule has 1 aromatic rings. The highest BCUT2D eigenvalue weighted by Crippen LogP contribution is 2.16. The standard InChI is InChI=1S/C10H17N3/c1-2-3-10-12-6-9-5-4-8(11)7-13(9)10/h6,8H,2-5,7,11H2,1H3. The molecule has 0 saturated heterocycles. The fourth-order valence-electron chi connectivity index (χ4n) is 1.96. The van der Waals surface area contributed by atoms with Crippen LogP contribution in [0.3, 0.4) is 0 Å². The van der Waals surface area contributed by atoms with Gasteiger partial charge < -0.3 is 10.3 Å². The van der Waals surface area contributed by atoms with E-state index in [1.807, 2.05) is 6.20 Å². The lowest BCUT2D eigenvalue weighted by Gasteiger charge is -2.22. The minimum Gasteiger partial charge on any atom is -0.331 e. The molecule has 2 rings (SSSR count). The molecule has 2 N–H and O–H groups in total.